The van der Waals surface area contributed by atoms with Crippen molar-refractivity contribution in [3.63, 3.8) is 0 Å². The third kappa shape index (κ3) is 3.78. The molecule has 3 rings (SSSR count). The Balaban J connectivity index is 1.50. The fourth-order valence-corrected chi connectivity index (χ4v) is 3.47. The molecule has 116 valence electrons. The number of anilines is 1. The third-order valence-corrected chi connectivity index (χ3v) is 4.98. The van der Waals surface area contributed by atoms with Crippen molar-refractivity contribution < 1.29 is 4.79 Å². The van der Waals surface area contributed by atoms with Crippen LogP contribution in [-0.2, 0) is 11.2 Å². The number of nitrogens with one attached hydrogen (secondary N) is 1. The molecule has 1 saturated heterocycles. The molecule has 4 nitrogen and oxygen atoms in total. The molecule has 1 N–H and O–H groups in total. The molecule has 1 fully saturated rings. The zero-order valence-corrected chi connectivity index (χ0v) is 13.7. The van der Waals surface area contributed by atoms with Crippen molar-refractivity contribution >= 4 is 34.0 Å². The highest BCUT2D eigenvalue weighted by atomic mass is 35.5. The highest BCUT2D eigenvalue weighted by molar-refractivity contribution is 7.13. The summed E-state index contributed by atoms with van der Waals surface area (Å²) in [4.78, 5) is 18.6. The van der Waals surface area contributed by atoms with Crippen LogP contribution in [0.4, 0.5) is 5.13 Å². The number of carbonyl (C=O) groups is 1. The fourth-order valence-electron chi connectivity index (χ4n) is 2.66. The Morgan fingerprint density at radius 1 is 1.36 bits per heavy atom. The number of carbonyl (C=O) groups excluding carboxylic acids is 1. The normalized spacial score (nSPS) is 15.8. The Kier molecular flexibility index (Phi) is 4.95. The summed E-state index contributed by atoms with van der Waals surface area (Å²) in [5.41, 5.74) is 0.900. The van der Waals surface area contributed by atoms with Crippen LogP contribution in [-0.4, -0.2) is 34.9 Å². The van der Waals surface area contributed by atoms with Gasteiger partial charge in [-0.25, -0.2) is 4.98 Å². The highest BCUT2D eigenvalue weighted by Crippen LogP contribution is 2.20. The average Bonchev–Trinajstić information content (AvgIpc) is 3.03. The predicted molar refractivity (Wildman–Crippen MR) is 90.5 cm³/mol. The molecule has 6 heteroatoms. The molecule has 0 aliphatic carbocycles. The van der Waals surface area contributed by atoms with Crippen molar-refractivity contribution in [3.8, 4) is 0 Å². The van der Waals surface area contributed by atoms with Crippen LogP contribution in [0.1, 0.15) is 18.4 Å². The van der Waals surface area contributed by atoms with Gasteiger partial charge in [-0.1, -0.05) is 29.8 Å². The largest absolute Gasteiger partial charge is 0.359 e. The Morgan fingerprint density at radius 2 is 2.14 bits per heavy atom. The molecule has 1 aliphatic rings. The number of hydrogen-bond acceptors (Lipinski definition) is 4. The number of nitrogens with zero attached hydrogens (tertiary/aromatic N) is 2. The van der Waals surface area contributed by atoms with Crippen LogP contribution in [0, 0.1) is 0 Å². The molecule has 1 aromatic carbocycles. The maximum atomic E-state index is 12.4. The number of amides is 1. The minimum atomic E-state index is 0.154. The first kappa shape index (κ1) is 15.3. The van der Waals surface area contributed by atoms with Gasteiger partial charge in [-0.05, 0) is 24.5 Å². The summed E-state index contributed by atoms with van der Waals surface area (Å²) in [7, 11) is 0. The summed E-state index contributed by atoms with van der Waals surface area (Å²) >= 11 is 7.73. The molecular weight excluding hydrogens is 318 g/mol. The summed E-state index contributed by atoms with van der Waals surface area (Å²) in [6.45, 7) is 1.57. The van der Waals surface area contributed by atoms with Crippen LogP contribution >= 0.6 is 22.9 Å². The molecule has 0 radical (unpaired) electrons. The Bertz CT molecular complexity index is 624. The zero-order valence-electron chi connectivity index (χ0n) is 12.2. The number of halogens is 1. The van der Waals surface area contributed by atoms with Gasteiger partial charge in [-0.2, -0.15) is 0 Å². The lowest BCUT2D eigenvalue weighted by Crippen LogP contribution is -2.43. The van der Waals surface area contributed by atoms with Crippen molar-refractivity contribution in [2.24, 2.45) is 0 Å². The number of benzene rings is 1. The zero-order chi connectivity index (χ0) is 15.4. The lowest BCUT2D eigenvalue weighted by Gasteiger charge is -2.32. The predicted octanol–water partition coefficient (Wildman–Crippen LogP) is 3.44. The lowest BCUT2D eigenvalue weighted by molar-refractivity contribution is -0.131. The van der Waals surface area contributed by atoms with Crippen LogP contribution in [0.25, 0.3) is 0 Å². The summed E-state index contributed by atoms with van der Waals surface area (Å²) in [5, 5.41) is 7.01. The Hall–Kier alpha value is -1.59. The second-order valence-corrected chi connectivity index (χ2v) is 6.71. The molecule has 1 aliphatic heterocycles. The smallest absolute Gasteiger partial charge is 0.227 e. The van der Waals surface area contributed by atoms with Crippen molar-refractivity contribution in [2.45, 2.75) is 25.3 Å². The quantitative estimate of drug-likeness (QED) is 0.931. The number of rotatable bonds is 4. The van der Waals surface area contributed by atoms with E-state index in [1.54, 1.807) is 17.5 Å². The van der Waals surface area contributed by atoms with Crippen LogP contribution in [0.5, 0.6) is 0 Å². The van der Waals surface area contributed by atoms with E-state index in [9.17, 15) is 4.79 Å². The molecule has 2 heterocycles. The van der Waals surface area contributed by atoms with E-state index in [1.807, 2.05) is 34.5 Å². The van der Waals surface area contributed by atoms with Gasteiger partial charge in [0.05, 0.1) is 6.42 Å². The third-order valence-electron chi connectivity index (χ3n) is 3.91. The van der Waals surface area contributed by atoms with Gasteiger partial charge in [0.15, 0.2) is 5.13 Å². The van der Waals surface area contributed by atoms with E-state index >= 15 is 0 Å². The maximum Gasteiger partial charge on any atom is 0.227 e. The molecule has 1 amide bonds. The minimum Gasteiger partial charge on any atom is -0.359 e. The number of likely N-dealkylation sites (tertiary alicyclic amines) is 1. The first-order valence-electron chi connectivity index (χ1n) is 7.39. The second kappa shape index (κ2) is 7.11. The van der Waals surface area contributed by atoms with E-state index in [-0.39, 0.29) is 5.91 Å². The molecule has 1 aromatic heterocycles. The highest BCUT2D eigenvalue weighted by Gasteiger charge is 2.23. The molecule has 0 atom stereocenters. The minimum absolute atomic E-state index is 0.154. The van der Waals surface area contributed by atoms with Crippen LogP contribution < -0.4 is 5.32 Å². The van der Waals surface area contributed by atoms with Crippen molar-refractivity contribution in [3.05, 3.63) is 46.4 Å². The van der Waals surface area contributed by atoms with E-state index in [0.29, 0.717) is 17.5 Å². The van der Waals surface area contributed by atoms with E-state index in [2.05, 4.69) is 10.3 Å². The van der Waals surface area contributed by atoms with E-state index in [1.165, 1.54) is 0 Å². The number of aromatic nitrogens is 1. The van der Waals surface area contributed by atoms with Gasteiger partial charge in [0.25, 0.3) is 0 Å². The summed E-state index contributed by atoms with van der Waals surface area (Å²) in [5.74, 6) is 0.154. The summed E-state index contributed by atoms with van der Waals surface area (Å²) in [6, 6.07) is 7.94. The number of piperidine rings is 1. The fraction of sp³-hybridized carbons (Fsp3) is 0.375. The standard InChI is InChI=1S/C16H18ClN3OS/c17-14-4-2-1-3-12(14)11-15(21)20-8-5-13(6-9-20)19-16-18-7-10-22-16/h1-4,7,10,13H,5-6,8-9,11H2,(H,18,19). The summed E-state index contributed by atoms with van der Waals surface area (Å²) < 4.78 is 0. The first-order chi connectivity index (χ1) is 10.7. The Labute approximate surface area is 139 Å². The van der Waals surface area contributed by atoms with Gasteiger partial charge >= 0.3 is 0 Å². The monoisotopic (exact) mass is 335 g/mol. The average molecular weight is 336 g/mol. The van der Waals surface area contributed by atoms with Gasteiger partial charge in [-0.15, -0.1) is 11.3 Å². The van der Waals surface area contributed by atoms with Crippen LogP contribution in [0.3, 0.4) is 0 Å². The lowest BCUT2D eigenvalue weighted by atomic mass is 10.0. The van der Waals surface area contributed by atoms with Gasteiger partial charge in [-0.3, -0.25) is 4.79 Å². The second-order valence-electron chi connectivity index (χ2n) is 5.40. The van der Waals surface area contributed by atoms with Gasteiger partial charge < -0.3 is 10.2 Å². The van der Waals surface area contributed by atoms with Gasteiger partial charge in [0.2, 0.25) is 5.91 Å². The molecule has 2 aromatic rings. The SMILES string of the molecule is O=C(Cc1ccccc1Cl)N1CCC(Nc2nccs2)CC1. The molecular formula is C16H18ClN3OS. The Morgan fingerprint density at radius 3 is 2.82 bits per heavy atom. The maximum absolute atomic E-state index is 12.4. The molecule has 0 bridgehead atoms. The van der Waals surface area contributed by atoms with E-state index < -0.39 is 0 Å². The van der Waals surface area contributed by atoms with Crippen molar-refractivity contribution in [1.29, 1.82) is 0 Å². The van der Waals surface area contributed by atoms with Crippen LogP contribution in [0.2, 0.25) is 5.02 Å². The van der Waals surface area contributed by atoms with Gasteiger partial charge in [0, 0.05) is 35.7 Å². The molecule has 0 saturated carbocycles. The van der Waals surface area contributed by atoms with E-state index in [4.69, 9.17) is 11.6 Å². The molecule has 0 spiro atoms. The van der Waals surface area contributed by atoms with Crippen molar-refractivity contribution in [1.82, 2.24) is 9.88 Å². The number of thiazole rings is 1. The first-order valence-corrected chi connectivity index (χ1v) is 8.65. The molecule has 22 heavy (non-hydrogen) atoms. The topological polar surface area (TPSA) is 45.2 Å². The molecule has 0 unspecified atom stereocenters. The van der Waals surface area contributed by atoms with Crippen molar-refractivity contribution in [2.75, 3.05) is 18.4 Å². The number of hydrogen-bond donors (Lipinski definition) is 1. The summed E-state index contributed by atoms with van der Waals surface area (Å²) in [6.07, 6.45) is 4.08. The van der Waals surface area contributed by atoms with Crippen LogP contribution in [0.15, 0.2) is 35.8 Å². The van der Waals surface area contributed by atoms with E-state index in [0.717, 1.165) is 36.6 Å². The van der Waals surface area contributed by atoms with Gasteiger partial charge in [0.1, 0.15) is 0 Å².